The van der Waals surface area contributed by atoms with Gasteiger partial charge in [-0.15, -0.1) is 0 Å². The van der Waals surface area contributed by atoms with Gasteiger partial charge >= 0.3 is 0 Å². The number of benzene rings is 2. The molecule has 2 aromatic carbocycles. The molecule has 112 valence electrons. The second-order valence-corrected chi connectivity index (χ2v) is 6.37. The minimum Gasteiger partial charge on any atom is -0.495 e. The molecule has 0 fully saturated rings. The van der Waals surface area contributed by atoms with Gasteiger partial charge in [0.25, 0.3) is 10.0 Å². The summed E-state index contributed by atoms with van der Waals surface area (Å²) in [6.07, 6.45) is 0. The van der Waals surface area contributed by atoms with Crippen molar-refractivity contribution >= 4 is 15.7 Å². The Balaban J connectivity index is 2.44. The molecule has 0 aliphatic heterocycles. The first-order valence-electron chi connectivity index (χ1n) is 6.27. The van der Waals surface area contributed by atoms with Crippen LogP contribution in [0.5, 0.6) is 5.75 Å². The molecule has 0 heterocycles. The number of rotatable bonds is 4. The zero-order chi connectivity index (χ0) is 15.6. The maximum absolute atomic E-state index is 13.3. The van der Waals surface area contributed by atoms with Crippen LogP contribution in [0, 0.1) is 19.7 Å². The van der Waals surface area contributed by atoms with E-state index in [1.54, 1.807) is 19.1 Å². The predicted octanol–water partition coefficient (Wildman–Crippen LogP) is 3.25. The van der Waals surface area contributed by atoms with E-state index in [2.05, 4.69) is 4.72 Å². The quantitative estimate of drug-likeness (QED) is 0.943. The van der Waals surface area contributed by atoms with Gasteiger partial charge in [-0.05, 0) is 37.6 Å². The Hall–Kier alpha value is -2.08. The average molecular weight is 309 g/mol. The van der Waals surface area contributed by atoms with E-state index in [4.69, 9.17) is 4.74 Å². The SMILES string of the molecule is COc1ccc(F)cc1NS(=O)(=O)c1ccc(C)cc1C. The van der Waals surface area contributed by atoms with E-state index < -0.39 is 15.8 Å². The van der Waals surface area contributed by atoms with Crippen LogP contribution < -0.4 is 9.46 Å². The molecule has 0 saturated carbocycles. The van der Waals surface area contributed by atoms with Crippen molar-refractivity contribution in [1.82, 2.24) is 0 Å². The van der Waals surface area contributed by atoms with Gasteiger partial charge in [0.15, 0.2) is 0 Å². The lowest BCUT2D eigenvalue weighted by atomic mass is 10.2. The lowest BCUT2D eigenvalue weighted by molar-refractivity contribution is 0.416. The predicted molar refractivity (Wildman–Crippen MR) is 79.7 cm³/mol. The smallest absolute Gasteiger partial charge is 0.262 e. The van der Waals surface area contributed by atoms with Crippen molar-refractivity contribution in [3.05, 3.63) is 53.3 Å². The molecule has 0 amide bonds. The molecular formula is C15H16FNO3S. The summed E-state index contributed by atoms with van der Waals surface area (Å²) in [5.41, 5.74) is 1.66. The highest BCUT2D eigenvalue weighted by molar-refractivity contribution is 7.92. The summed E-state index contributed by atoms with van der Waals surface area (Å²) in [5.74, 6) is -0.293. The zero-order valence-electron chi connectivity index (χ0n) is 12.0. The van der Waals surface area contributed by atoms with Crippen molar-refractivity contribution in [3.63, 3.8) is 0 Å². The van der Waals surface area contributed by atoms with E-state index in [1.807, 2.05) is 6.92 Å². The summed E-state index contributed by atoms with van der Waals surface area (Å²) >= 11 is 0. The van der Waals surface area contributed by atoms with E-state index in [9.17, 15) is 12.8 Å². The Morgan fingerprint density at radius 1 is 1.10 bits per heavy atom. The third-order valence-corrected chi connectivity index (χ3v) is 4.55. The number of hydrogen-bond acceptors (Lipinski definition) is 3. The molecule has 0 saturated heterocycles. The lowest BCUT2D eigenvalue weighted by Gasteiger charge is -2.13. The zero-order valence-corrected chi connectivity index (χ0v) is 12.8. The van der Waals surface area contributed by atoms with Gasteiger partial charge in [-0.1, -0.05) is 17.7 Å². The average Bonchev–Trinajstić information content (AvgIpc) is 2.37. The minimum atomic E-state index is -3.81. The molecular weight excluding hydrogens is 293 g/mol. The maximum atomic E-state index is 13.3. The van der Waals surface area contributed by atoms with Crippen LogP contribution >= 0.6 is 0 Å². The summed E-state index contributed by atoms with van der Waals surface area (Å²) < 4.78 is 45.6. The van der Waals surface area contributed by atoms with Gasteiger partial charge in [-0.25, -0.2) is 12.8 Å². The van der Waals surface area contributed by atoms with Crippen molar-refractivity contribution in [2.45, 2.75) is 18.7 Å². The molecule has 0 bridgehead atoms. The van der Waals surface area contributed by atoms with Crippen molar-refractivity contribution < 1.29 is 17.5 Å². The highest BCUT2D eigenvalue weighted by Crippen LogP contribution is 2.28. The second kappa shape index (κ2) is 5.73. The highest BCUT2D eigenvalue weighted by atomic mass is 32.2. The summed E-state index contributed by atoms with van der Waals surface area (Å²) in [4.78, 5) is 0.152. The van der Waals surface area contributed by atoms with E-state index in [0.717, 1.165) is 11.6 Å². The van der Waals surface area contributed by atoms with Gasteiger partial charge < -0.3 is 4.74 Å². The van der Waals surface area contributed by atoms with Crippen molar-refractivity contribution in [1.29, 1.82) is 0 Å². The van der Waals surface area contributed by atoms with E-state index in [1.165, 1.54) is 25.3 Å². The van der Waals surface area contributed by atoms with Crippen LogP contribution in [-0.4, -0.2) is 15.5 Å². The normalized spacial score (nSPS) is 11.2. The van der Waals surface area contributed by atoms with Crippen LogP contribution in [0.2, 0.25) is 0 Å². The Bertz CT molecular complexity index is 772. The highest BCUT2D eigenvalue weighted by Gasteiger charge is 2.19. The van der Waals surface area contributed by atoms with Crippen LogP contribution in [0.15, 0.2) is 41.3 Å². The summed E-state index contributed by atoms with van der Waals surface area (Å²) in [6, 6.07) is 8.67. The molecule has 4 nitrogen and oxygen atoms in total. The molecule has 21 heavy (non-hydrogen) atoms. The molecule has 0 atom stereocenters. The molecule has 0 aliphatic rings. The van der Waals surface area contributed by atoms with Gasteiger partial charge in [-0.3, -0.25) is 4.72 Å². The van der Waals surface area contributed by atoms with Crippen molar-refractivity contribution in [2.75, 3.05) is 11.8 Å². The fourth-order valence-corrected chi connectivity index (χ4v) is 3.35. The minimum absolute atomic E-state index is 0.0671. The van der Waals surface area contributed by atoms with Gasteiger partial charge in [0.1, 0.15) is 11.6 Å². The van der Waals surface area contributed by atoms with Crippen LogP contribution in [0.4, 0.5) is 10.1 Å². The number of methoxy groups -OCH3 is 1. The molecule has 0 aliphatic carbocycles. The van der Waals surface area contributed by atoms with Crippen LogP contribution in [-0.2, 0) is 10.0 Å². The largest absolute Gasteiger partial charge is 0.495 e. The van der Waals surface area contributed by atoms with Crippen LogP contribution in [0.25, 0.3) is 0 Å². The summed E-state index contributed by atoms with van der Waals surface area (Å²) in [5, 5.41) is 0. The number of sulfonamides is 1. The fraction of sp³-hybridized carbons (Fsp3) is 0.200. The van der Waals surface area contributed by atoms with Crippen molar-refractivity contribution in [2.24, 2.45) is 0 Å². The molecule has 6 heteroatoms. The van der Waals surface area contributed by atoms with Gasteiger partial charge in [0.2, 0.25) is 0 Å². The Morgan fingerprint density at radius 3 is 2.43 bits per heavy atom. The first-order chi connectivity index (χ1) is 9.83. The van der Waals surface area contributed by atoms with E-state index in [-0.39, 0.29) is 16.3 Å². The molecule has 0 unspecified atom stereocenters. The summed E-state index contributed by atoms with van der Waals surface area (Å²) in [7, 11) is -2.42. The fourth-order valence-electron chi connectivity index (χ4n) is 2.06. The number of anilines is 1. The third-order valence-electron chi connectivity index (χ3n) is 3.03. The number of ether oxygens (including phenoxy) is 1. The Labute approximate surface area is 123 Å². The molecule has 0 radical (unpaired) electrons. The topological polar surface area (TPSA) is 55.4 Å². The first-order valence-corrected chi connectivity index (χ1v) is 7.75. The second-order valence-electron chi connectivity index (χ2n) is 4.72. The summed E-state index contributed by atoms with van der Waals surface area (Å²) in [6.45, 7) is 3.59. The number of aryl methyl sites for hydroxylation is 2. The Kier molecular flexibility index (Phi) is 4.18. The first kappa shape index (κ1) is 15.3. The van der Waals surface area contributed by atoms with Gasteiger partial charge in [0.05, 0.1) is 17.7 Å². The number of hydrogen-bond donors (Lipinski definition) is 1. The van der Waals surface area contributed by atoms with Gasteiger partial charge in [-0.2, -0.15) is 0 Å². The van der Waals surface area contributed by atoms with Crippen LogP contribution in [0.3, 0.4) is 0 Å². The molecule has 1 N–H and O–H groups in total. The van der Waals surface area contributed by atoms with E-state index >= 15 is 0 Å². The molecule has 2 aromatic rings. The third kappa shape index (κ3) is 3.33. The monoisotopic (exact) mass is 309 g/mol. The Morgan fingerprint density at radius 2 is 1.81 bits per heavy atom. The van der Waals surface area contributed by atoms with Gasteiger partial charge in [0, 0.05) is 6.07 Å². The standard InChI is InChI=1S/C15H16FNO3S/c1-10-4-7-15(11(2)8-10)21(18,19)17-13-9-12(16)5-6-14(13)20-3/h4-9,17H,1-3H3. The number of halogens is 1. The molecule has 0 aromatic heterocycles. The van der Waals surface area contributed by atoms with E-state index in [0.29, 0.717) is 5.56 Å². The van der Waals surface area contributed by atoms with Crippen molar-refractivity contribution in [3.8, 4) is 5.75 Å². The number of nitrogens with one attached hydrogen (secondary N) is 1. The maximum Gasteiger partial charge on any atom is 0.262 e. The molecule has 0 spiro atoms. The van der Waals surface area contributed by atoms with Crippen LogP contribution in [0.1, 0.15) is 11.1 Å². The molecule has 2 rings (SSSR count). The lowest BCUT2D eigenvalue weighted by Crippen LogP contribution is -2.15.